The van der Waals surface area contributed by atoms with Gasteiger partial charge in [-0.2, -0.15) is 0 Å². The van der Waals surface area contributed by atoms with Gasteiger partial charge in [0.2, 0.25) is 0 Å². The predicted molar refractivity (Wildman–Crippen MR) is 148 cm³/mol. The topological polar surface area (TPSA) is 65.7 Å². The molecule has 0 N–H and O–H groups in total. The maximum Gasteiger partial charge on any atom is 0.344 e. The first-order valence-electron chi connectivity index (χ1n) is 13.5. The van der Waals surface area contributed by atoms with Crippen LogP contribution in [0.4, 0.5) is 0 Å². The van der Waals surface area contributed by atoms with Crippen LogP contribution < -0.4 is 10.4 Å². The normalized spacial score (nSPS) is 19.2. The second kappa shape index (κ2) is 11.8. The zero-order valence-corrected chi connectivity index (χ0v) is 22.5. The second-order valence-corrected chi connectivity index (χ2v) is 10.3. The number of esters is 1. The molecule has 0 aliphatic heterocycles. The largest absolute Gasteiger partial charge is 0.490 e. The number of unbranched alkanes of at least 4 members (excludes halogenated alkanes) is 2. The SMILES string of the molecule is C=C(C)C(=O)OC1CCC(Oc2ccc3cc(-c4ccc(CCCCC)cc4CC)c(=O)oc3c2)C1C. The van der Waals surface area contributed by atoms with Crippen LogP contribution in [0, 0.1) is 5.92 Å². The van der Waals surface area contributed by atoms with Crippen molar-refractivity contribution >= 4 is 16.9 Å². The third-order valence-corrected chi connectivity index (χ3v) is 7.42. The highest BCUT2D eigenvalue weighted by Gasteiger charge is 2.37. The highest BCUT2D eigenvalue weighted by Crippen LogP contribution is 2.34. The van der Waals surface area contributed by atoms with Crippen molar-refractivity contribution in [2.45, 2.75) is 84.8 Å². The van der Waals surface area contributed by atoms with Gasteiger partial charge in [-0.3, -0.25) is 0 Å². The van der Waals surface area contributed by atoms with Crippen LogP contribution >= 0.6 is 0 Å². The van der Waals surface area contributed by atoms with Crippen molar-refractivity contribution in [2.24, 2.45) is 5.92 Å². The first kappa shape index (κ1) is 26.7. The maximum absolute atomic E-state index is 13.0. The van der Waals surface area contributed by atoms with E-state index in [0.717, 1.165) is 42.2 Å². The zero-order valence-electron chi connectivity index (χ0n) is 22.5. The molecule has 0 saturated heterocycles. The average Bonchev–Trinajstić information content (AvgIpc) is 3.22. The molecule has 1 aliphatic carbocycles. The number of ether oxygens (including phenoxy) is 2. The lowest BCUT2D eigenvalue weighted by Crippen LogP contribution is -2.28. The van der Waals surface area contributed by atoms with E-state index in [2.05, 4.69) is 38.6 Å². The van der Waals surface area contributed by atoms with Crippen LogP contribution in [0.15, 0.2) is 63.8 Å². The van der Waals surface area contributed by atoms with E-state index in [1.807, 2.05) is 25.1 Å². The molecule has 3 unspecified atom stereocenters. The van der Waals surface area contributed by atoms with E-state index in [4.69, 9.17) is 13.9 Å². The molecule has 3 atom stereocenters. The summed E-state index contributed by atoms with van der Waals surface area (Å²) in [7, 11) is 0. The van der Waals surface area contributed by atoms with Gasteiger partial charge < -0.3 is 13.9 Å². The lowest BCUT2D eigenvalue weighted by atomic mass is 9.94. The average molecular weight is 503 g/mol. The van der Waals surface area contributed by atoms with Crippen molar-refractivity contribution in [3.63, 3.8) is 0 Å². The summed E-state index contributed by atoms with van der Waals surface area (Å²) >= 11 is 0. The van der Waals surface area contributed by atoms with Gasteiger partial charge in [-0.05, 0) is 73.9 Å². The van der Waals surface area contributed by atoms with Crippen molar-refractivity contribution in [1.29, 1.82) is 0 Å². The van der Waals surface area contributed by atoms with E-state index in [-0.39, 0.29) is 29.7 Å². The van der Waals surface area contributed by atoms with E-state index >= 15 is 0 Å². The molecule has 0 spiro atoms. The van der Waals surface area contributed by atoms with Gasteiger partial charge in [-0.25, -0.2) is 9.59 Å². The monoisotopic (exact) mass is 502 g/mol. The molecule has 196 valence electrons. The molecule has 4 rings (SSSR count). The summed E-state index contributed by atoms with van der Waals surface area (Å²) in [5.74, 6) is 0.321. The molecular weight excluding hydrogens is 464 g/mol. The summed E-state index contributed by atoms with van der Waals surface area (Å²) < 4.78 is 17.6. The molecule has 1 saturated carbocycles. The Kier molecular flexibility index (Phi) is 8.52. The molecule has 1 heterocycles. The predicted octanol–water partition coefficient (Wildman–Crippen LogP) is 7.42. The molecule has 0 radical (unpaired) electrons. The Morgan fingerprint density at radius 2 is 1.81 bits per heavy atom. The van der Waals surface area contributed by atoms with Crippen molar-refractivity contribution < 1.29 is 18.7 Å². The van der Waals surface area contributed by atoms with Crippen LogP contribution in [0.5, 0.6) is 5.75 Å². The Bertz CT molecular complexity index is 1330. The minimum Gasteiger partial charge on any atom is -0.490 e. The van der Waals surface area contributed by atoms with Crippen LogP contribution in [-0.4, -0.2) is 18.2 Å². The number of carbonyl (C=O) groups excluding carboxylic acids is 1. The van der Waals surface area contributed by atoms with Crippen LogP contribution in [0.2, 0.25) is 0 Å². The van der Waals surface area contributed by atoms with Crippen molar-refractivity contribution in [3.05, 3.63) is 76.2 Å². The summed E-state index contributed by atoms with van der Waals surface area (Å²) in [5, 5.41) is 0.851. The molecule has 1 aliphatic rings. The number of rotatable bonds is 10. The van der Waals surface area contributed by atoms with Gasteiger partial charge in [0.1, 0.15) is 23.5 Å². The molecular formula is C32H38O5. The van der Waals surface area contributed by atoms with E-state index in [1.54, 1.807) is 13.0 Å². The highest BCUT2D eigenvalue weighted by molar-refractivity contribution is 5.87. The number of hydrogen-bond acceptors (Lipinski definition) is 5. The Hall–Kier alpha value is -3.34. The summed E-state index contributed by atoms with van der Waals surface area (Å²) in [5.41, 5.74) is 4.55. The Morgan fingerprint density at radius 3 is 2.54 bits per heavy atom. The molecule has 37 heavy (non-hydrogen) atoms. The van der Waals surface area contributed by atoms with E-state index < -0.39 is 0 Å². The minimum atomic E-state index is -0.363. The molecule has 1 aromatic heterocycles. The van der Waals surface area contributed by atoms with Crippen LogP contribution in [0.3, 0.4) is 0 Å². The van der Waals surface area contributed by atoms with Gasteiger partial charge in [-0.15, -0.1) is 0 Å². The first-order chi connectivity index (χ1) is 17.8. The lowest BCUT2D eigenvalue weighted by molar-refractivity contribution is -0.146. The third kappa shape index (κ3) is 6.15. The minimum absolute atomic E-state index is 0.0470. The fraction of sp³-hybridized carbons (Fsp3) is 0.438. The molecule has 1 fully saturated rings. The van der Waals surface area contributed by atoms with Gasteiger partial charge in [-0.1, -0.05) is 58.4 Å². The maximum atomic E-state index is 13.0. The third-order valence-electron chi connectivity index (χ3n) is 7.42. The standard InChI is InChI=1S/C32H38O5/c1-6-8-9-10-22-11-14-26(23(7-2)17-22)27-18-24-12-13-25(19-30(24)37-32(27)34)35-28-15-16-29(21(28)5)36-31(33)20(3)4/h11-14,17-19,21,28-29H,3,6-10,15-16H2,1-2,4-5H3. The van der Waals surface area contributed by atoms with Gasteiger partial charge in [0.25, 0.3) is 0 Å². The van der Waals surface area contributed by atoms with Gasteiger partial charge in [0.05, 0.1) is 5.56 Å². The van der Waals surface area contributed by atoms with Gasteiger partial charge >= 0.3 is 11.6 Å². The summed E-state index contributed by atoms with van der Waals surface area (Å²) in [4.78, 5) is 25.0. The molecule has 0 bridgehead atoms. The molecule has 2 aromatic carbocycles. The Labute approximate surface area is 219 Å². The molecule has 3 aromatic rings. The number of aryl methyl sites for hydroxylation is 2. The van der Waals surface area contributed by atoms with Crippen LogP contribution in [0.25, 0.3) is 22.1 Å². The lowest BCUT2D eigenvalue weighted by Gasteiger charge is -2.22. The fourth-order valence-corrected chi connectivity index (χ4v) is 5.13. The van der Waals surface area contributed by atoms with Gasteiger partial charge in [0.15, 0.2) is 0 Å². The van der Waals surface area contributed by atoms with E-state index in [9.17, 15) is 9.59 Å². The van der Waals surface area contributed by atoms with Crippen molar-refractivity contribution in [1.82, 2.24) is 0 Å². The van der Waals surface area contributed by atoms with Crippen LogP contribution in [-0.2, 0) is 22.4 Å². The van der Waals surface area contributed by atoms with Crippen molar-refractivity contribution in [3.8, 4) is 16.9 Å². The summed E-state index contributed by atoms with van der Waals surface area (Å²) in [6.45, 7) is 11.7. The number of fused-ring (bicyclic) bond motifs is 1. The summed E-state index contributed by atoms with van der Waals surface area (Å²) in [6.07, 6.45) is 6.77. The number of carbonyl (C=O) groups is 1. The first-order valence-corrected chi connectivity index (χ1v) is 13.5. The molecule has 5 heteroatoms. The number of benzene rings is 2. The van der Waals surface area contributed by atoms with Gasteiger partial charge in [0, 0.05) is 22.9 Å². The van der Waals surface area contributed by atoms with E-state index in [1.165, 1.54) is 24.8 Å². The smallest absolute Gasteiger partial charge is 0.344 e. The quantitative estimate of drug-likeness (QED) is 0.125. The molecule has 0 amide bonds. The summed E-state index contributed by atoms with van der Waals surface area (Å²) in [6, 6.07) is 14.0. The number of hydrogen-bond donors (Lipinski definition) is 0. The van der Waals surface area contributed by atoms with Crippen molar-refractivity contribution in [2.75, 3.05) is 0 Å². The second-order valence-electron chi connectivity index (χ2n) is 10.3. The molecule has 5 nitrogen and oxygen atoms in total. The Balaban J connectivity index is 1.53. The van der Waals surface area contributed by atoms with Crippen LogP contribution in [0.1, 0.15) is 70.9 Å². The fourth-order valence-electron chi connectivity index (χ4n) is 5.13. The van der Waals surface area contributed by atoms with E-state index in [0.29, 0.717) is 22.5 Å². The highest BCUT2D eigenvalue weighted by atomic mass is 16.5. The Morgan fingerprint density at radius 1 is 1.03 bits per heavy atom. The zero-order chi connectivity index (χ0) is 26.5.